The van der Waals surface area contributed by atoms with Crippen LogP contribution in [0.2, 0.25) is 0 Å². The van der Waals surface area contributed by atoms with Crippen LogP contribution in [0, 0.1) is 0 Å². The monoisotopic (exact) mass is 157 g/mol. The second-order valence-electron chi connectivity index (χ2n) is 3.24. The van der Waals surface area contributed by atoms with Gasteiger partial charge in [-0.05, 0) is 19.8 Å². The molecule has 64 valence electrons. The van der Waals surface area contributed by atoms with Crippen molar-refractivity contribution >= 4 is 5.97 Å². The van der Waals surface area contributed by atoms with E-state index in [4.69, 9.17) is 5.11 Å². The molecule has 0 aromatic carbocycles. The third kappa shape index (κ3) is 2.50. The van der Waals surface area contributed by atoms with E-state index in [9.17, 15) is 4.79 Å². The van der Waals surface area contributed by atoms with Crippen molar-refractivity contribution in [1.29, 1.82) is 0 Å². The van der Waals surface area contributed by atoms with Gasteiger partial charge in [0.1, 0.15) is 6.04 Å². The average Bonchev–Trinajstić information content (AvgIpc) is 2.13. The Kier molecular flexibility index (Phi) is 2.88. The van der Waals surface area contributed by atoms with Crippen molar-refractivity contribution in [2.75, 3.05) is 0 Å². The molecule has 1 heterocycles. The Morgan fingerprint density at radius 3 is 2.73 bits per heavy atom. The lowest BCUT2D eigenvalue weighted by Gasteiger charge is -2.14. The highest BCUT2D eigenvalue weighted by Crippen LogP contribution is 2.12. The summed E-state index contributed by atoms with van der Waals surface area (Å²) < 4.78 is 0. The maximum Gasteiger partial charge on any atom is 0.320 e. The van der Waals surface area contributed by atoms with E-state index in [1.165, 1.54) is 0 Å². The van der Waals surface area contributed by atoms with Gasteiger partial charge in [-0.1, -0.05) is 12.8 Å². The molecule has 3 nitrogen and oxygen atoms in total. The predicted octanol–water partition coefficient (Wildman–Crippen LogP) is 0.992. The first-order valence-electron chi connectivity index (χ1n) is 4.19. The van der Waals surface area contributed by atoms with Gasteiger partial charge >= 0.3 is 5.97 Å². The summed E-state index contributed by atoms with van der Waals surface area (Å²) >= 11 is 0. The van der Waals surface area contributed by atoms with Crippen LogP contribution in [0.3, 0.4) is 0 Å². The van der Waals surface area contributed by atoms with Crippen LogP contribution in [0.15, 0.2) is 0 Å². The Morgan fingerprint density at radius 1 is 1.45 bits per heavy atom. The number of hydrogen-bond acceptors (Lipinski definition) is 2. The number of carbonyl (C=O) groups is 1. The molecule has 2 atom stereocenters. The van der Waals surface area contributed by atoms with Crippen molar-refractivity contribution in [2.45, 2.75) is 44.7 Å². The molecule has 0 bridgehead atoms. The summed E-state index contributed by atoms with van der Waals surface area (Å²) in [7, 11) is 0. The van der Waals surface area contributed by atoms with E-state index < -0.39 is 5.97 Å². The summed E-state index contributed by atoms with van der Waals surface area (Å²) in [6.07, 6.45) is 4.07. The van der Waals surface area contributed by atoms with Gasteiger partial charge in [-0.3, -0.25) is 4.79 Å². The van der Waals surface area contributed by atoms with Crippen LogP contribution in [0.4, 0.5) is 0 Å². The first-order chi connectivity index (χ1) is 5.20. The van der Waals surface area contributed by atoms with Gasteiger partial charge in [-0.15, -0.1) is 0 Å². The molecule has 0 amide bonds. The molecule has 11 heavy (non-hydrogen) atoms. The molecule has 1 aliphatic heterocycles. The molecular formula is C8H15NO2. The molecule has 3 heteroatoms. The van der Waals surface area contributed by atoms with E-state index in [1.54, 1.807) is 0 Å². The molecule has 1 saturated heterocycles. The fourth-order valence-corrected chi connectivity index (χ4v) is 1.50. The topological polar surface area (TPSA) is 49.3 Å². The highest BCUT2D eigenvalue weighted by atomic mass is 16.4. The van der Waals surface area contributed by atoms with Crippen LogP contribution < -0.4 is 5.32 Å². The lowest BCUT2D eigenvalue weighted by atomic mass is 10.1. The highest BCUT2D eigenvalue weighted by Gasteiger charge is 2.21. The lowest BCUT2D eigenvalue weighted by molar-refractivity contribution is -0.139. The van der Waals surface area contributed by atoms with Crippen molar-refractivity contribution in [3.8, 4) is 0 Å². The predicted molar refractivity (Wildman–Crippen MR) is 42.5 cm³/mol. The smallest absolute Gasteiger partial charge is 0.320 e. The maximum atomic E-state index is 10.6. The van der Waals surface area contributed by atoms with E-state index in [0.29, 0.717) is 6.04 Å². The van der Waals surface area contributed by atoms with Crippen LogP contribution in [-0.2, 0) is 4.79 Å². The van der Waals surface area contributed by atoms with Crippen LogP contribution in [-0.4, -0.2) is 23.2 Å². The van der Waals surface area contributed by atoms with Crippen molar-refractivity contribution in [3.63, 3.8) is 0 Å². The molecule has 1 aliphatic rings. The largest absolute Gasteiger partial charge is 0.480 e. The minimum absolute atomic E-state index is 0.313. The molecule has 0 saturated carbocycles. The zero-order valence-corrected chi connectivity index (χ0v) is 6.84. The zero-order valence-electron chi connectivity index (χ0n) is 6.84. The molecule has 2 unspecified atom stereocenters. The standard InChI is InChI=1S/C8H15NO2/c1-6-4-2-3-5-7(9-6)8(10)11/h6-7,9H,2-5H2,1H3,(H,10,11). The Labute approximate surface area is 66.8 Å². The van der Waals surface area contributed by atoms with Gasteiger partial charge < -0.3 is 10.4 Å². The van der Waals surface area contributed by atoms with E-state index in [0.717, 1.165) is 25.7 Å². The lowest BCUT2D eigenvalue weighted by Crippen LogP contribution is -2.40. The zero-order chi connectivity index (χ0) is 8.27. The Bertz CT molecular complexity index is 147. The van der Waals surface area contributed by atoms with Gasteiger partial charge in [-0.2, -0.15) is 0 Å². The number of carboxylic acid groups (broad SMARTS) is 1. The number of carboxylic acids is 1. The van der Waals surface area contributed by atoms with Crippen LogP contribution in [0.25, 0.3) is 0 Å². The molecule has 0 aliphatic carbocycles. The van der Waals surface area contributed by atoms with Gasteiger partial charge in [0.05, 0.1) is 0 Å². The first-order valence-corrected chi connectivity index (χ1v) is 4.19. The summed E-state index contributed by atoms with van der Waals surface area (Å²) in [5, 5.41) is 11.8. The van der Waals surface area contributed by atoms with E-state index >= 15 is 0 Å². The average molecular weight is 157 g/mol. The fraction of sp³-hybridized carbons (Fsp3) is 0.875. The minimum Gasteiger partial charge on any atom is -0.480 e. The molecular weight excluding hydrogens is 142 g/mol. The number of rotatable bonds is 1. The second-order valence-corrected chi connectivity index (χ2v) is 3.24. The third-order valence-electron chi connectivity index (χ3n) is 2.16. The number of nitrogens with one attached hydrogen (secondary N) is 1. The molecule has 0 aromatic rings. The normalized spacial score (nSPS) is 32.8. The maximum absolute atomic E-state index is 10.6. The summed E-state index contributed by atoms with van der Waals surface area (Å²) in [5.41, 5.74) is 0. The fourth-order valence-electron chi connectivity index (χ4n) is 1.50. The summed E-state index contributed by atoms with van der Waals surface area (Å²) in [4.78, 5) is 10.6. The summed E-state index contributed by atoms with van der Waals surface area (Å²) in [5.74, 6) is -0.709. The van der Waals surface area contributed by atoms with Crippen molar-refractivity contribution in [1.82, 2.24) is 5.32 Å². The summed E-state index contributed by atoms with van der Waals surface area (Å²) in [6.45, 7) is 2.04. The third-order valence-corrected chi connectivity index (χ3v) is 2.16. The van der Waals surface area contributed by atoms with Gasteiger partial charge in [0, 0.05) is 6.04 Å². The molecule has 1 rings (SSSR count). The van der Waals surface area contributed by atoms with E-state index in [2.05, 4.69) is 5.32 Å². The summed E-state index contributed by atoms with van der Waals surface area (Å²) in [6, 6.07) is 0.0473. The molecule has 2 N–H and O–H groups in total. The van der Waals surface area contributed by atoms with E-state index in [1.807, 2.05) is 6.92 Å². The number of aliphatic carboxylic acids is 1. The number of hydrogen-bond donors (Lipinski definition) is 2. The van der Waals surface area contributed by atoms with Gasteiger partial charge in [0.25, 0.3) is 0 Å². The SMILES string of the molecule is CC1CCCCC(C(=O)O)N1. The Balaban J connectivity index is 2.45. The molecule has 0 radical (unpaired) electrons. The Morgan fingerprint density at radius 2 is 2.09 bits per heavy atom. The molecule has 1 fully saturated rings. The Hall–Kier alpha value is -0.570. The highest BCUT2D eigenvalue weighted by molar-refractivity contribution is 5.73. The van der Waals surface area contributed by atoms with Crippen LogP contribution in [0.5, 0.6) is 0 Å². The van der Waals surface area contributed by atoms with Gasteiger partial charge in [0.15, 0.2) is 0 Å². The van der Waals surface area contributed by atoms with Crippen molar-refractivity contribution in [3.05, 3.63) is 0 Å². The van der Waals surface area contributed by atoms with Crippen LogP contribution >= 0.6 is 0 Å². The molecule has 0 spiro atoms. The van der Waals surface area contributed by atoms with Gasteiger partial charge in [0.2, 0.25) is 0 Å². The van der Waals surface area contributed by atoms with Gasteiger partial charge in [-0.25, -0.2) is 0 Å². The quantitative estimate of drug-likeness (QED) is 0.596. The van der Waals surface area contributed by atoms with Crippen molar-refractivity contribution in [2.24, 2.45) is 0 Å². The van der Waals surface area contributed by atoms with Crippen LogP contribution in [0.1, 0.15) is 32.6 Å². The second kappa shape index (κ2) is 3.72. The minimum atomic E-state index is -0.709. The first kappa shape index (κ1) is 8.53. The molecule has 0 aromatic heterocycles. The van der Waals surface area contributed by atoms with E-state index in [-0.39, 0.29) is 6.04 Å². The van der Waals surface area contributed by atoms with Crippen molar-refractivity contribution < 1.29 is 9.90 Å².